The zero-order chi connectivity index (χ0) is 31.1. The fourth-order valence-electron chi connectivity index (χ4n) is 5.97. The van der Waals surface area contributed by atoms with Gasteiger partial charge in [0.2, 0.25) is 5.91 Å². The van der Waals surface area contributed by atoms with Crippen molar-refractivity contribution in [2.45, 2.75) is 50.6 Å². The van der Waals surface area contributed by atoms with E-state index >= 15 is 0 Å². The first-order valence-electron chi connectivity index (χ1n) is 15.5. The van der Waals surface area contributed by atoms with E-state index in [1.54, 1.807) is 21.2 Å². The van der Waals surface area contributed by atoms with Gasteiger partial charge in [0, 0.05) is 71.5 Å². The molecular formula is C35H44N6O3. The highest BCUT2D eigenvalue weighted by Gasteiger charge is 2.29. The van der Waals surface area contributed by atoms with Crippen LogP contribution in [0.1, 0.15) is 43.0 Å². The number of piperidine rings is 1. The second-order valence-electron chi connectivity index (χ2n) is 11.9. The predicted octanol–water partition coefficient (Wildman–Crippen LogP) is 5.50. The summed E-state index contributed by atoms with van der Waals surface area (Å²) in [4.78, 5) is 33.8. The Morgan fingerprint density at radius 1 is 1.05 bits per heavy atom. The van der Waals surface area contributed by atoms with Crippen LogP contribution in [0.2, 0.25) is 0 Å². The van der Waals surface area contributed by atoms with Crippen molar-refractivity contribution in [2.75, 3.05) is 46.2 Å². The van der Waals surface area contributed by atoms with Gasteiger partial charge in [-0.2, -0.15) is 0 Å². The SMILES string of the molecule is COCCCn1c([C@@H]2CCCN(C(=O)C[C@H](N)Cc3ccc(-c4ccc(NC(=O)N(C)C)cc4)cc3)C2)nc2ccccc21. The summed E-state index contributed by atoms with van der Waals surface area (Å²) in [5.74, 6) is 1.38. The maximum absolute atomic E-state index is 13.4. The average molecular weight is 597 g/mol. The van der Waals surface area contributed by atoms with Crippen LogP contribution in [-0.4, -0.2) is 78.2 Å². The largest absolute Gasteiger partial charge is 0.385 e. The van der Waals surface area contributed by atoms with Crippen molar-refractivity contribution in [3.8, 4) is 11.1 Å². The van der Waals surface area contributed by atoms with E-state index in [4.69, 9.17) is 15.5 Å². The normalized spacial score (nSPS) is 15.7. The van der Waals surface area contributed by atoms with E-state index in [9.17, 15) is 9.59 Å². The molecule has 232 valence electrons. The predicted molar refractivity (Wildman–Crippen MR) is 176 cm³/mol. The summed E-state index contributed by atoms with van der Waals surface area (Å²) in [6.07, 6.45) is 3.84. The summed E-state index contributed by atoms with van der Waals surface area (Å²) < 4.78 is 7.62. The van der Waals surface area contributed by atoms with E-state index < -0.39 is 0 Å². The van der Waals surface area contributed by atoms with E-state index in [2.05, 4.69) is 52.3 Å². The van der Waals surface area contributed by atoms with Crippen molar-refractivity contribution < 1.29 is 14.3 Å². The Balaban J connectivity index is 1.17. The molecule has 3 amide bonds. The van der Waals surface area contributed by atoms with Crippen LogP contribution in [0.5, 0.6) is 0 Å². The Bertz CT molecular complexity index is 1550. The lowest BCUT2D eigenvalue weighted by atomic mass is 9.95. The minimum absolute atomic E-state index is 0.113. The van der Waals surface area contributed by atoms with Gasteiger partial charge in [-0.05, 0) is 66.6 Å². The second-order valence-corrected chi connectivity index (χ2v) is 11.9. The summed E-state index contributed by atoms with van der Waals surface area (Å²) in [6, 6.07) is 23.9. The number of aromatic nitrogens is 2. The number of benzene rings is 3. The summed E-state index contributed by atoms with van der Waals surface area (Å²) >= 11 is 0. The minimum atomic E-state index is -0.257. The van der Waals surface area contributed by atoms with Crippen molar-refractivity contribution in [1.82, 2.24) is 19.4 Å². The number of urea groups is 1. The lowest BCUT2D eigenvalue weighted by molar-refractivity contribution is -0.132. The van der Waals surface area contributed by atoms with Crippen LogP contribution in [0.4, 0.5) is 10.5 Å². The van der Waals surface area contributed by atoms with Crippen molar-refractivity contribution in [3.63, 3.8) is 0 Å². The number of likely N-dealkylation sites (tertiary alicyclic amines) is 1. The molecule has 1 aliphatic heterocycles. The number of carbonyl (C=O) groups is 2. The van der Waals surface area contributed by atoms with Gasteiger partial charge in [-0.3, -0.25) is 4.79 Å². The quantitative estimate of drug-likeness (QED) is 0.223. The molecule has 0 radical (unpaired) electrons. The number of imidazole rings is 1. The van der Waals surface area contributed by atoms with E-state index in [-0.39, 0.29) is 23.9 Å². The van der Waals surface area contributed by atoms with Crippen LogP contribution < -0.4 is 11.1 Å². The van der Waals surface area contributed by atoms with Gasteiger partial charge in [-0.15, -0.1) is 0 Å². The van der Waals surface area contributed by atoms with Crippen molar-refractivity contribution in [1.29, 1.82) is 0 Å². The molecule has 5 rings (SSSR count). The van der Waals surface area contributed by atoms with Gasteiger partial charge in [0.15, 0.2) is 0 Å². The molecule has 4 aromatic rings. The third-order valence-electron chi connectivity index (χ3n) is 8.32. The maximum Gasteiger partial charge on any atom is 0.321 e. The number of ether oxygens (including phenoxy) is 1. The summed E-state index contributed by atoms with van der Waals surface area (Å²) in [7, 11) is 5.15. The number of anilines is 1. The summed E-state index contributed by atoms with van der Waals surface area (Å²) in [5.41, 5.74) is 12.6. The van der Waals surface area contributed by atoms with Gasteiger partial charge in [0.1, 0.15) is 5.82 Å². The highest BCUT2D eigenvalue weighted by molar-refractivity contribution is 5.89. The second kappa shape index (κ2) is 14.5. The van der Waals surface area contributed by atoms with Crippen LogP contribution >= 0.6 is 0 Å². The summed E-state index contributed by atoms with van der Waals surface area (Å²) in [6.45, 7) is 2.98. The van der Waals surface area contributed by atoms with Crippen LogP contribution in [0.3, 0.4) is 0 Å². The van der Waals surface area contributed by atoms with E-state index in [1.807, 2.05) is 35.2 Å². The topological polar surface area (TPSA) is 106 Å². The van der Waals surface area contributed by atoms with Crippen molar-refractivity contribution in [2.24, 2.45) is 5.73 Å². The zero-order valence-corrected chi connectivity index (χ0v) is 26.0. The third-order valence-corrected chi connectivity index (χ3v) is 8.32. The van der Waals surface area contributed by atoms with Gasteiger partial charge in [-0.1, -0.05) is 48.5 Å². The number of aryl methyl sites for hydroxylation is 1. The standard InChI is InChI=1S/C35H44N6O3/c1-39(2)35(43)37-30-17-15-27(16-18-30)26-13-11-25(12-14-26)22-29(36)23-33(42)40-19-6-8-28(24-40)34-38-31-9-4-5-10-32(31)41(34)20-7-21-44-3/h4-5,9-18,28-29H,6-8,19-24,36H2,1-3H3,(H,37,43)/t28-,29-/m1/s1. The third kappa shape index (κ3) is 7.65. The molecule has 0 unspecified atom stereocenters. The number of nitrogens with one attached hydrogen (secondary N) is 1. The van der Waals surface area contributed by atoms with Gasteiger partial charge >= 0.3 is 6.03 Å². The molecule has 1 saturated heterocycles. The molecule has 0 aliphatic carbocycles. The molecule has 44 heavy (non-hydrogen) atoms. The molecular weight excluding hydrogens is 552 g/mol. The Labute approximate surface area is 260 Å². The van der Waals surface area contributed by atoms with Crippen LogP contribution in [0, 0.1) is 0 Å². The van der Waals surface area contributed by atoms with Crippen LogP contribution in [0.25, 0.3) is 22.2 Å². The molecule has 3 N–H and O–H groups in total. The number of nitrogens with zero attached hydrogens (tertiary/aromatic N) is 4. The fourth-order valence-corrected chi connectivity index (χ4v) is 5.97. The lowest BCUT2D eigenvalue weighted by Gasteiger charge is -2.33. The Hall–Kier alpha value is -4.21. The number of hydrogen-bond acceptors (Lipinski definition) is 5. The fraction of sp³-hybridized carbons (Fsp3) is 0.400. The highest BCUT2D eigenvalue weighted by Crippen LogP contribution is 2.30. The van der Waals surface area contributed by atoms with Gasteiger partial charge < -0.3 is 30.2 Å². The number of fused-ring (bicyclic) bond motifs is 1. The van der Waals surface area contributed by atoms with Gasteiger partial charge in [-0.25, -0.2) is 9.78 Å². The monoisotopic (exact) mass is 596 g/mol. The number of rotatable bonds is 11. The molecule has 1 fully saturated rings. The average Bonchev–Trinajstić information content (AvgIpc) is 3.40. The first kappa shape index (κ1) is 31.2. The van der Waals surface area contributed by atoms with Gasteiger partial charge in [0.25, 0.3) is 0 Å². The molecule has 9 heteroatoms. The number of hydrogen-bond donors (Lipinski definition) is 2. The van der Waals surface area contributed by atoms with Crippen LogP contribution in [0.15, 0.2) is 72.8 Å². The molecule has 2 heterocycles. The zero-order valence-electron chi connectivity index (χ0n) is 26.0. The molecule has 2 atom stereocenters. The van der Waals surface area contributed by atoms with Crippen LogP contribution in [-0.2, 0) is 22.5 Å². The van der Waals surface area contributed by atoms with Crippen molar-refractivity contribution in [3.05, 3.63) is 84.2 Å². The lowest BCUT2D eigenvalue weighted by Crippen LogP contribution is -2.42. The van der Waals surface area contributed by atoms with E-state index in [0.717, 1.165) is 71.6 Å². The Morgan fingerprint density at radius 2 is 1.75 bits per heavy atom. The molecule has 3 aromatic carbocycles. The molecule has 9 nitrogen and oxygen atoms in total. The number of carbonyl (C=O) groups excluding carboxylic acids is 2. The maximum atomic E-state index is 13.4. The van der Waals surface area contributed by atoms with Crippen molar-refractivity contribution >= 4 is 28.7 Å². The highest BCUT2D eigenvalue weighted by atomic mass is 16.5. The summed E-state index contributed by atoms with van der Waals surface area (Å²) in [5, 5.41) is 2.85. The molecule has 1 aliphatic rings. The molecule has 0 spiro atoms. The number of para-hydroxylation sites is 2. The number of nitrogens with two attached hydrogens (primary N) is 1. The molecule has 1 aromatic heterocycles. The van der Waals surface area contributed by atoms with E-state index in [0.29, 0.717) is 26.0 Å². The first-order chi connectivity index (χ1) is 21.3. The van der Waals surface area contributed by atoms with E-state index in [1.165, 1.54) is 4.90 Å². The molecule has 0 bridgehead atoms. The Morgan fingerprint density at radius 3 is 2.45 bits per heavy atom. The number of amides is 3. The van der Waals surface area contributed by atoms with Gasteiger partial charge in [0.05, 0.1) is 11.0 Å². The minimum Gasteiger partial charge on any atom is -0.385 e. The number of methoxy groups -OCH3 is 1. The first-order valence-corrected chi connectivity index (χ1v) is 15.5. The molecule has 0 saturated carbocycles. The smallest absolute Gasteiger partial charge is 0.321 e. The Kier molecular flexibility index (Phi) is 10.3.